The third-order valence-electron chi connectivity index (χ3n) is 5.29. The third kappa shape index (κ3) is 4.70. The Labute approximate surface area is 182 Å². The maximum Gasteiger partial charge on any atom is 0.387 e. The quantitative estimate of drug-likeness (QED) is 0.555. The first-order chi connectivity index (χ1) is 15.0. The molecular formula is C22H20ClF2N3O3. The Bertz CT molecular complexity index is 1070. The molecule has 1 aliphatic rings. The molecule has 1 fully saturated rings. The largest absolute Gasteiger partial charge is 0.432 e. The van der Waals surface area contributed by atoms with Gasteiger partial charge < -0.3 is 20.1 Å². The van der Waals surface area contributed by atoms with Crippen LogP contribution in [0.1, 0.15) is 18.4 Å². The Balaban J connectivity index is 1.60. The van der Waals surface area contributed by atoms with Crippen LogP contribution in [0.4, 0.5) is 19.3 Å². The summed E-state index contributed by atoms with van der Waals surface area (Å²) in [7, 11) is 0. The van der Waals surface area contributed by atoms with E-state index in [0.717, 1.165) is 5.56 Å². The Morgan fingerprint density at radius 3 is 2.58 bits per heavy atom. The molecule has 3 aromatic rings. The first-order valence-corrected chi connectivity index (χ1v) is 10.1. The standard InChI is InChI=1S/C22H20ClF2N3O3/c23-15-5-3-14(4-6-15)22(9-12-30-13-10-22)28-21(29)27-17-7-8-18(31-20(24)25)19-16(17)2-1-11-26-19/h1-8,11,20H,9-10,12-13H2,(H2,27,28,29). The minimum absolute atomic E-state index is 0.0568. The van der Waals surface area contributed by atoms with Crippen LogP contribution in [-0.2, 0) is 10.3 Å². The molecule has 162 valence electrons. The zero-order valence-corrected chi connectivity index (χ0v) is 17.2. The summed E-state index contributed by atoms with van der Waals surface area (Å²) in [5.74, 6) is -0.0568. The lowest BCUT2D eigenvalue weighted by atomic mass is 9.83. The SMILES string of the molecule is O=C(Nc1ccc(OC(F)F)c2ncccc12)NC1(c2ccc(Cl)cc2)CCOCC1. The van der Waals surface area contributed by atoms with Crippen molar-refractivity contribution in [2.75, 3.05) is 18.5 Å². The predicted octanol–water partition coefficient (Wildman–Crippen LogP) is 5.32. The van der Waals surface area contributed by atoms with E-state index in [-0.39, 0.29) is 11.3 Å². The van der Waals surface area contributed by atoms with Crippen molar-refractivity contribution in [3.05, 3.63) is 65.3 Å². The molecule has 6 nitrogen and oxygen atoms in total. The van der Waals surface area contributed by atoms with Gasteiger partial charge in [0.15, 0.2) is 5.75 Å². The van der Waals surface area contributed by atoms with Crippen molar-refractivity contribution >= 4 is 34.2 Å². The minimum Gasteiger partial charge on any atom is -0.432 e. The molecule has 0 atom stereocenters. The Kier molecular flexibility index (Phi) is 6.20. The number of alkyl halides is 2. The first kappa shape index (κ1) is 21.3. The predicted molar refractivity (Wildman–Crippen MR) is 114 cm³/mol. The van der Waals surface area contributed by atoms with E-state index in [1.807, 2.05) is 12.1 Å². The lowest BCUT2D eigenvalue weighted by Gasteiger charge is -2.38. The number of hydrogen-bond donors (Lipinski definition) is 2. The van der Waals surface area contributed by atoms with Crippen LogP contribution in [0.25, 0.3) is 10.9 Å². The van der Waals surface area contributed by atoms with Gasteiger partial charge in [-0.3, -0.25) is 4.98 Å². The smallest absolute Gasteiger partial charge is 0.387 e. The molecule has 0 aliphatic carbocycles. The maximum atomic E-state index is 13.0. The number of halogens is 3. The summed E-state index contributed by atoms with van der Waals surface area (Å²) in [4.78, 5) is 17.1. The summed E-state index contributed by atoms with van der Waals surface area (Å²) in [6, 6.07) is 13.1. The fraction of sp³-hybridized carbons (Fsp3) is 0.273. The van der Waals surface area contributed by atoms with Crippen molar-refractivity contribution in [3.8, 4) is 5.75 Å². The van der Waals surface area contributed by atoms with Crippen LogP contribution in [0, 0.1) is 0 Å². The van der Waals surface area contributed by atoms with Gasteiger partial charge in [0, 0.05) is 29.8 Å². The number of hydrogen-bond acceptors (Lipinski definition) is 4. The van der Waals surface area contributed by atoms with E-state index >= 15 is 0 Å². The number of amides is 2. The topological polar surface area (TPSA) is 72.5 Å². The molecule has 1 saturated heterocycles. The van der Waals surface area contributed by atoms with Crippen molar-refractivity contribution in [2.24, 2.45) is 0 Å². The van der Waals surface area contributed by atoms with E-state index in [1.54, 1.807) is 24.3 Å². The fourth-order valence-corrected chi connectivity index (χ4v) is 3.92. The van der Waals surface area contributed by atoms with E-state index in [4.69, 9.17) is 16.3 Å². The van der Waals surface area contributed by atoms with Crippen molar-refractivity contribution in [1.82, 2.24) is 10.3 Å². The maximum absolute atomic E-state index is 13.0. The second kappa shape index (κ2) is 9.03. The molecule has 4 rings (SSSR count). The molecule has 1 aromatic heterocycles. The summed E-state index contributed by atoms with van der Waals surface area (Å²) in [5.41, 5.74) is 0.988. The van der Waals surface area contributed by atoms with Crippen molar-refractivity contribution < 1.29 is 23.0 Å². The second-order valence-corrected chi connectivity index (χ2v) is 7.61. The van der Waals surface area contributed by atoms with Gasteiger partial charge in [-0.15, -0.1) is 0 Å². The first-order valence-electron chi connectivity index (χ1n) is 9.72. The number of benzene rings is 2. The number of pyridine rings is 1. The lowest BCUT2D eigenvalue weighted by molar-refractivity contribution is -0.0489. The third-order valence-corrected chi connectivity index (χ3v) is 5.54. The van der Waals surface area contributed by atoms with Gasteiger partial charge in [0.1, 0.15) is 5.52 Å². The van der Waals surface area contributed by atoms with Gasteiger partial charge in [0.2, 0.25) is 0 Å². The van der Waals surface area contributed by atoms with Crippen LogP contribution in [0.15, 0.2) is 54.7 Å². The number of anilines is 1. The summed E-state index contributed by atoms with van der Waals surface area (Å²) in [6.45, 7) is -1.95. The summed E-state index contributed by atoms with van der Waals surface area (Å²) < 4.78 is 35.4. The van der Waals surface area contributed by atoms with Crippen molar-refractivity contribution in [2.45, 2.75) is 25.0 Å². The zero-order chi connectivity index (χ0) is 21.8. The Hall–Kier alpha value is -2.97. The number of urea groups is 1. The van der Waals surface area contributed by atoms with Crippen molar-refractivity contribution in [1.29, 1.82) is 0 Å². The van der Waals surface area contributed by atoms with Crippen molar-refractivity contribution in [3.63, 3.8) is 0 Å². The van der Waals surface area contributed by atoms with Gasteiger partial charge in [-0.25, -0.2) is 4.79 Å². The molecule has 0 saturated carbocycles. The highest BCUT2D eigenvalue weighted by atomic mass is 35.5. The highest BCUT2D eigenvalue weighted by molar-refractivity contribution is 6.30. The number of aromatic nitrogens is 1. The van der Waals surface area contributed by atoms with Gasteiger partial charge >= 0.3 is 12.6 Å². The molecule has 0 unspecified atom stereocenters. The molecule has 1 aliphatic heterocycles. The summed E-state index contributed by atoms with van der Waals surface area (Å²) in [5, 5.41) is 7.00. The molecule has 0 radical (unpaired) electrons. The van der Waals surface area contributed by atoms with E-state index in [9.17, 15) is 13.6 Å². The molecule has 2 aromatic carbocycles. The van der Waals surface area contributed by atoms with Gasteiger partial charge in [0.25, 0.3) is 0 Å². The molecule has 2 amide bonds. The van der Waals surface area contributed by atoms with E-state index in [0.29, 0.717) is 42.2 Å². The van der Waals surface area contributed by atoms with E-state index in [2.05, 4.69) is 20.4 Å². The van der Waals surface area contributed by atoms with Gasteiger partial charge in [-0.1, -0.05) is 23.7 Å². The highest BCUT2D eigenvalue weighted by Crippen LogP contribution is 2.34. The molecule has 2 heterocycles. The van der Waals surface area contributed by atoms with Crippen LogP contribution in [0.2, 0.25) is 5.02 Å². The van der Waals surface area contributed by atoms with Gasteiger partial charge in [-0.05, 0) is 54.8 Å². The number of nitrogens with one attached hydrogen (secondary N) is 2. The van der Waals surface area contributed by atoms with Crippen LogP contribution < -0.4 is 15.4 Å². The number of fused-ring (bicyclic) bond motifs is 1. The Morgan fingerprint density at radius 2 is 1.87 bits per heavy atom. The van der Waals surface area contributed by atoms with E-state index in [1.165, 1.54) is 18.3 Å². The number of rotatable bonds is 5. The molecule has 31 heavy (non-hydrogen) atoms. The number of ether oxygens (including phenoxy) is 2. The minimum atomic E-state index is -2.97. The van der Waals surface area contributed by atoms with E-state index < -0.39 is 18.2 Å². The summed E-state index contributed by atoms with van der Waals surface area (Å²) in [6.07, 6.45) is 2.68. The summed E-state index contributed by atoms with van der Waals surface area (Å²) >= 11 is 6.02. The average molecular weight is 448 g/mol. The van der Waals surface area contributed by atoms with Gasteiger partial charge in [0.05, 0.1) is 11.2 Å². The molecular weight excluding hydrogens is 428 g/mol. The average Bonchev–Trinajstić information content (AvgIpc) is 2.76. The normalized spacial score (nSPS) is 15.6. The molecule has 2 N–H and O–H groups in total. The van der Waals surface area contributed by atoms with Gasteiger partial charge in [-0.2, -0.15) is 8.78 Å². The molecule has 0 spiro atoms. The number of carbonyl (C=O) groups is 1. The number of carbonyl (C=O) groups excluding carboxylic acids is 1. The monoisotopic (exact) mass is 447 g/mol. The second-order valence-electron chi connectivity index (χ2n) is 7.17. The molecule has 0 bridgehead atoms. The Morgan fingerprint density at radius 1 is 1.13 bits per heavy atom. The van der Waals surface area contributed by atoms with Crippen LogP contribution in [0.3, 0.4) is 0 Å². The van der Waals surface area contributed by atoms with Crippen LogP contribution >= 0.6 is 11.6 Å². The van der Waals surface area contributed by atoms with Crippen LogP contribution in [0.5, 0.6) is 5.75 Å². The van der Waals surface area contributed by atoms with Crippen LogP contribution in [-0.4, -0.2) is 30.8 Å². The number of nitrogens with zero attached hydrogens (tertiary/aromatic N) is 1. The fourth-order valence-electron chi connectivity index (χ4n) is 3.79. The molecule has 9 heteroatoms. The highest BCUT2D eigenvalue weighted by Gasteiger charge is 2.36. The zero-order valence-electron chi connectivity index (χ0n) is 16.4. The lowest BCUT2D eigenvalue weighted by Crippen LogP contribution is -2.50.